The molecular formula is C19H20O. The van der Waals surface area contributed by atoms with Gasteiger partial charge in [-0.05, 0) is 30.2 Å². The lowest BCUT2D eigenvalue weighted by atomic mass is 10.0. The van der Waals surface area contributed by atoms with E-state index in [1.165, 1.54) is 27.1 Å². The van der Waals surface area contributed by atoms with Crippen LogP contribution in [-0.4, -0.2) is 6.61 Å². The first-order valence-electron chi connectivity index (χ1n) is 7.34. The minimum atomic E-state index is 0.785. The van der Waals surface area contributed by atoms with Crippen molar-refractivity contribution in [1.29, 1.82) is 0 Å². The van der Waals surface area contributed by atoms with E-state index in [2.05, 4.69) is 62.4 Å². The largest absolute Gasteiger partial charge is 0.492 e. The van der Waals surface area contributed by atoms with Crippen molar-refractivity contribution in [2.45, 2.75) is 26.7 Å². The lowest BCUT2D eigenvalue weighted by Gasteiger charge is -2.13. The number of ether oxygens (including phenoxy) is 1. The minimum Gasteiger partial charge on any atom is -0.492 e. The molecule has 0 aliphatic carbocycles. The molecule has 0 amide bonds. The van der Waals surface area contributed by atoms with Crippen molar-refractivity contribution in [2.75, 3.05) is 6.61 Å². The van der Waals surface area contributed by atoms with Crippen molar-refractivity contribution in [1.82, 2.24) is 0 Å². The highest BCUT2D eigenvalue weighted by atomic mass is 16.5. The van der Waals surface area contributed by atoms with E-state index in [1.807, 2.05) is 0 Å². The second-order valence-corrected chi connectivity index (χ2v) is 5.35. The molecule has 0 fully saturated rings. The molecule has 0 aliphatic heterocycles. The molecule has 0 heterocycles. The van der Waals surface area contributed by atoms with E-state index in [1.54, 1.807) is 0 Å². The van der Waals surface area contributed by atoms with Gasteiger partial charge in [-0.3, -0.25) is 0 Å². The number of rotatable bonds is 4. The normalized spacial score (nSPS) is 11.1. The molecule has 0 aliphatic rings. The number of unbranched alkanes of at least 4 members (excludes halogenated alkanes) is 1. The minimum absolute atomic E-state index is 0.785. The molecule has 3 aromatic rings. The van der Waals surface area contributed by atoms with Gasteiger partial charge in [0.15, 0.2) is 0 Å². The second-order valence-electron chi connectivity index (χ2n) is 5.35. The highest BCUT2D eigenvalue weighted by molar-refractivity contribution is 6.05. The summed E-state index contributed by atoms with van der Waals surface area (Å²) in [4.78, 5) is 0. The zero-order valence-corrected chi connectivity index (χ0v) is 12.1. The number of fused-ring (bicyclic) bond motifs is 2. The summed E-state index contributed by atoms with van der Waals surface area (Å²) >= 11 is 0. The summed E-state index contributed by atoms with van der Waals surface area (Å²) in [5.74, 6) is 1.03. The standard InChI is InChI=1S/C19H20O/c1-3-4-11-20-19-17-8-6-5-7-15(17)13-16-12-14(2)9-10-18(16)19/h5-10,12-13H,3-4,11H2,1-2H3. The van der Waals surface area contributed by atoms with Crippen LogP contribution in [0.3, 0.4) is 0 Å². The number of aryl methyl sites for hydroxylation is 1. The Bertz CT molecular complexity index is 743. The predicted octanol–water partition coefficient (Wildman–Crippen LogP) is 5.48. The van der Waals surface area contributed by atoms with Crippen LogP contribution in [0, 0.1) is 6.92 Å². The van der Waals surface area contributed by atoms with Crippen LogP contribution in [0.15, 0.2) is 48.5 Å². The third-order valence-electron chi connectivity index (χ3n) is 3.71. The van der Waals surface area contributed by atoms with Gasteiger partial charge in [0.25, 0.3) is 0 Å². The fraction of sp³-hybridized carbons (Fsp3) is 0.263. The molecule has 0 saturated heterocycles. The number of hydrogen-bond donors (Lipinski definition) is 0. The maximum absolute atomic E-state index is 6.11. The molecule has 0 unspecified atom stereocenters. The molecular weight excluding hydrogens is 244 g/mol. The maximum atomic E-state index is 6.11. The lowest BCUT2D eigenvalue weighted by molar-refractivity contribution is 0.316. The number of benzene rings is 3. The van der Waals surface area contributed by atoms with Crippen molar-refractivity contribution in [2.24, 2.45) is 0 Å². The van der Waals surface area contributed by atoms with Crippen LogP contribution in [0.5, 0.6) is 5.75 Å². The molecule has 102 valence electrons. The highest BCUT2D eigenvalue weighted by Gasteiger charge is 2.08. The Kier molecular flexibility index (Phi) is 3.60. The van der Waals surface area contributed by atoms with E-state index in [0.717, 1.165) is 25.2 Å². The van der Waals surface area contributed by atoms with Gasteiger partial charge in [0.05, 0.1) is 6.61 Å². The molecule has 0 N–H and O–H groups in total. The van der Waals surface area contributed by atoms with Crippen molar-refractivity contribution in [3.8, 4) is 5.75 Å². The molecule has 0 atom stereocenters. The highest BCUT2D eigenvalue weighted by Crippen LogP contribution is 2.35. The van der Waals surface area contributed by atoms with E-state index in [-0.39, 0.29) is 0 Å². The summed E-state index contributed by atoms with van der Waals surface area (Å²) in [6, 6.07) is 17.3. The smallest absolute Gasteiger partial charge is 0.134 e. The average Bonchev–Trinajstić information content (AvgIpc) is 2.46. The maximum Gasteiger partial charge on any atom is 0.134 e. The zero-order chi connectivity index (χ0) is 13.9. The van der Waals surface area contributed by atoms with Crippen LogP contribution in [0.2, 0.25) is 0 Å². The van der Waals surface area contributed by atoms with Crippen LogP contribution in [0.4, 0.5) is 0 Å². The van der Waals surface area contributed by atoms with Gasteiger partial charge in [-0.2, -0.15) is 0 Å². The summed E-state index contributed by atoms with van der Waals surface area (Å²) in [6.07, 6.45) is 2.25. The van der Waals surface area contributed by atoms with Gasteiger partial charge in [0.2, 0.25) is 0 Å². The van der Waals surface area contributed by atoms with E-state index in [0.29, 0.717) is 0 Å². The van der Waals surface area contributed by atoms with Gasteiger partial charge in [0.1, 0.15) is 5.75 Å². The summed E-state index contributed by atoms with van der Waals surface area (Å²) in [5.41, 5.74) is 1.28. The quantitative estimate of drug-likeness (QED) is 0.448. The van der Waals surface area contributed by atoms with Crippen LogP contribution in [0.1, 0.15) is 25.3 Å². The molecule has 1 nitrogen and oxygen atoms in total. The predicted molar refractivity (Wildman–Crippen MR) is 86.6 cm³/mol. The zero-order valence-electron chi connectivity index (χ0n) is 12.1. The van der Waals surface area contributed by atoms with Gasteiger partial charge < -0.3 is 4.74 Å². The second kappa shape index (κ2) is 5.54. The van der Waals surface area contributed by atoms with Crippen LogP contribution < -0.4 is 4.74 Å². The van der Waals surface area contributed by atoms with E-state index >= 15 is 0 Å². The van der Waals surface area contributed by atoms with Crippen molar-refractivity contribution < 1.29 is 4.74 Å². The molecule has 0 aromatic heterocycles. The lowest BCUT2D eigenvalue weighted by Crippen LogP contribution is -1.98. The fourth-order valence-electron chi connectivity index (χ4n) is 2.62. The SMILES string of the molecule is CCCCOc1c2ccccc2cc2cc(C)ccc12. The molecule has 3 rings (SSSR count). The van der Waals surface area contributed by atoms with Gasteiger partial charge in [-0.1, -0.05) is 61.4 Å². The number of hydrogen-bond acceptors (Lipinski definition) is 1. The summed E-state index contributed by atoms with van der Waals surface area (Å²) in [7, 11) is 0. The molecule has 0 bridgehead atoms. The third-order valence-corrected chi connectivity index (χ3v) is 3.71. The summed E-state index contributed by atoms with van der Waals surface area (Å²) < 4.78 is 6.11. The first-order valence-corrected chi connectivity index (χ1v) is 7.34. The van der Waals surface area contributed by atoms with E-state index in [9.17, 15) is 0 Å². The molecule has 0 radical (unpaired) electrons. The van der Waals surface area contributed by atoms with E-state index < -0.39 is 0 Å². The van der Waals surface area contributed by atoms with Crippen LogP contribution in [0.25, 0.3) is 21.5 Å². The fourth-order valence-corrected chi connectivity index (χ4v) is 2.62. The molecule has 0 spiro atoms. The third kappa shape index (κ3) is 2.36. The Morgan fingerprint density at radius 2 is 1.70 bits per heavy atom. The van der Waals surface area contributed by atoms with Gasteiger partial charge in [-0.15, -0.1) is 0 Å². The monoisotopic (exact) mass is 264 g/mol. The first kappa shape index (κ1) is 13.0. The van der Waals surface area contributed by atoms with Crippen molar-refractivity contribution in [3.05, 3.63) is 54.1 Å². The molecule has 0 saturated carbocycles. The Morgan fingerprint density at radius 3 is 2.55 bits per heavy atom. The van der Waals surface area contributed by atoms with E-state index in [4.69, 9.17) is 4.74 Å². The van der Waals surface area contributed by atoms with Gasteiger partial charge in [0, 0.05) is 10.8 Å². The first-order chi connectivity index (χ1) is 9.79. The Hall–Kier alpha value is -2.02. The molecule has 1 heteroatoms. The van der Waals surface area contributed by atoms with Gasteiger partial charge >= 0.3 is 0 Å². The molecule has 3 aromatic carbocycles. The van der Waals surface area contributed by atoms with Crippen molar-refractivity contribution in [3.63, 3.8) is 0 Å². The van der Waals surface area contributed by atoms with Crippen LogP contribution in [-0.2, 0) is 0 Å². The summed E-state index contributed by atoms with van der Waals surface area (Å²) in [6.45, 7) is 5.10. The van der Waals surface area contributed by atoms with Crippen molar-refractivity contribution >= 4 is 21.5 Å². The van der Waals surface area contributed by atoms with Crippen LogP contribution >= 0.6 is 0 Å². The Labute approximate surface area is 120 Å². The topological polar surface area (TPSA) is 9.23 Å². The Morgan fingerprint density at radius 1 is 0.900 bits per heavy atom. The van der Waals surface area contributed by atoms with Gasteiger partial charge in [-0.25, -0.2) is 0 Å². The average molecular weight is 264 g/mol. The Balaban J connectivity index is 2.23. The summed E-state index contributed by atoms with van der Waals surface area (Å²) in [5, 5.41) is 4.93. The molecule has 20 heavy (non-hydrogen) atoms.